The van der Waals surface area contributed by atoms with Crippen molar-refractivity contribution >= 4 is 17.8 Å². The highest BCUT2D eigenvalue weighted by Crippen LogP contribution is 2.31. The van der Waals surface area contributed by atoms with Crippen molar-refractivity contribution < 1.29 is 9.90 Å². The molecule has 100 valence electrons. The van der Waals surface area contributed by atoms with Crippen LogP contribution in [0.2, 0.25) is 0 Å². The van der Waals surface area contributed by atoms with E-state index in [9.17, 15) is 9.90 Å². The van der Waals surface area contributed by atoms with Gasteiger partial charge >= 0.3 is 0 Å². The number of nitrogens with one attached hydrogen (secondary N) is 1. The normalized spacial score (nSPS) is 17.3. The van der Waals surface area contributed by atoms with Crippen LogP contribution in [0, 0.1) is 11.8 Å². The van der Waals surface area contributed by atoms with Crippen molar-refractivity contribution in [2.45, 2.75) is 46.1 Å². The molecule has 0 aromatic rings. The van der Waals surface area contributed by atoms with Crippen LogP contribution in [0.15, 0.2) is 12.3 Å². The first-order valence-electron chi connectivity index (χ1n) is 6.48. The maximum absolute atomic E-state index is 11.9. The van der Waals surface area contributed by atoms with Crippen molar-refractivity contribution in [2.24, 2.45) is 11.8 Å². The monoisotopic (exact) mass is 251 g/mol. The lowest BCUT2D eigenvalue weighted by Crippen LogP contribution is -2.38. The van der Waals surface area contributed by atoms with Gasteiger partial charge in [-0.05, 0) is 19.8 Å². The van der Waals surface area contributed by atoms with Gasteiger partial charge in [-0.15, -0.1) is 4.67 Å². The third-order valence-corrected chi connectivity index (χ3v) is 3.17. The molecule has 1 rings (SSSR count). The van der Waals surface area contributed by atoms with Gasteiger partial charge in [0.25, 0.3) is 11.9 Å². The number of aliphatic hydroxyl groups excluding tert-OH is 1. The van der Waals surface area contributed by atoms with Crippen LogP contribution in [0.3, 0.4) is 0 Å². The van der Waals surface area contributed by atoms with Crippen molar-refractivity contribution in [3.05, 3.63) is 12.3 Å². The molecule has 1 amide bonds. The first kappa shape index (κ1) is 14.5. The molecule has 0 bridgehead atoms. The largest absolute Gasteiger partial charge is 0.511 e. The molecular formula is C14H23N2O2+. The molecule has 0 aromatic carbocycles. The zero-order valence-electron chi connectivity index (χ0n) is 11.4. The number of hydrogen-bond acceptors (Lipinski definition) is 2. The Morgan fingerprint density at radius 3 is 2.61 bits per heavy atom. The average molecular weight is 251 g/mol. The van der Waals surface area contributed by atoms with E-state index in [1.165, 1.54) is 12.8 Å². The third kappa shape index (κ3) is 4.38. The fourth-order valence-corrected chi connectivity index (χ4v) is 1.75. The molecule has 2 unspecified atom stereocenters. The lowest BCUT2D eigenvalue weighted by Gasteiger charge is -2.15. The van der Waals surface area contributed by atoms with Crippen LogP contribution in [-0.2, 0) is 4.79 Å². The first-order chi connectivity index (χ1) is 8.45. The Kier molecular flexibility index (Phi) is 5.17. The van der Waals surface area contributed by atoms with Gasteiger partial charge < -0.3 is 10.4 Å². The number of rotatable bonds is 6. The summed E-state index contributed by atoms with van der Waals surface area (Å²) in [7, 11) is 0. The number of aliphatic hydroxyl groups is 1. The van der Waals surface area contributed by atoms with Crippen molar-refractivity contribution in [1.82, 2.24) is 9.98 Å². The summed E-state index contributed by atoms with van der Waals surface area (Å²) < 4.78 is 4.37. The molecule has 0 aromatic heterocycles. The molecule has 1 saturated carbocycles. The van der Waals surface area contributed by atoms with Crippen LogP contribution in [0.5, 0.6) is 0 Å². The zero-order chi connectivity index (χ0) is 13.7. The third-order valence-electron chi connectivity index (χ3n) is 3.17. The summed E-state index contributed by atoms with van der Waals surface area (Å²) in [5.41, 5.74) is 1.12. The van der Waals surface area contributed by atoms with Crippen molar-refractivity contribution in [3.63, 3.8) is 0 Å². The summed E-state index contributed by atoms with van der Waals surface area (Å²) in [5, 5.41) is 11.9. The molecule has 2 N–H and O–H groups in total. The Bertz CT molecular complexity index is 391. The first-order valence-corrected chi connectivity index (χ1v) is 6.48. The fraction of sp³-hybridized carbons (Fsp3) is 0.643. The molecule has 0 spiro atoms. The highest BCUT2D eigenvalue weighted by atomic mass is 16.3. The molecule has 4 nitrogen and oxygen atoms in total. The number of carbonyl (C=O) groups is 1. The molecule has 0 heterocycles. The predicted octanol–water partition coefficient (Wildman–Crippen LogP) is 1.60. The molecular weight excluding hydrogens is 228 g/mol. The smallest absolute Gasteiger partial charge is 0.283 e. The summed E-state index contributed by atoms with van der Waals surface area (Å²) in [6.45, 7) is 8.90. The standard InChI is InChI=1S/C14H22N2O2/c1-5-15-13(12-6-7-12)8-9(2)14(18)16-10(3)11(4)17/h5,9-10,12H,4,6-8H2,1-3H3,(H-,16,17,18)/p+1. The van der Waals surface area contributed by atoms with E-state index >= 15 is 0 Å². The lowest BCUT2D eigenvalue weighted by atomic mass is 10.00. The second-order valence-corrected chi connectivity index (χ2v) is 4.98. The topological polar surface area (TPSA) is 63.4 Å². The maximum atomic E-state index is 11.9. The van der Waals surface area contributed by atoms with Gasteiger partial charge in [-0.3, -0.25) is 4.79 Å². The number of carbonyl (C=O) groups excluding carboxylic acids is 1. The Morgan fingerprint density at radius 2 is 2.17 bits per heavy atom. The Balaban J connectivity index is 2.53. The van der Waals surface area contributed by atoms with Gasteiger partial charge in [0.05, 0.1) is 18.4 Å². The molecule has 0 radical (unpaired) electrons. The minimum absolute atomic E-state index is 0.0199. The van der Waals surface area contributed by atoms with Gasteiger partial charge in [0.2, 0.25) is 5.91 Å². The number of nitrogens with zero attached hydrogens (tertiary/aromatic N) is 1. The predicted molar refractivity (Wildman–Crippen MR) is 74.8 cm³/mol. The van der Waals surface area contributed by atoms with Gasteiger partial charge in [-0.25, -0.2) is 0 Å². The van der Waals surface area contributed by atoms with Crippen LogP contribution in [0.1, 0.15) is 40.0 Å². The second kappa shape index (κ2) is 6.41. The molecule has 1 fully saturated rings. The Morgan fingerprint density at radius 1 is 1.56 bits per heavy atom. The van der Waals surface area contributed by atoms with E-state index in [0.29, 0.717) is 12.3 Å². The molecule has 18 heavy (non-hydrogen) atoms. The van der Waals surface area contributed by atoms with E-state index in [-0.39, 0.29) is 17.6 Å². The Labute approximate surface area is 109 Å². The lowest BCUT2D eigenvalue weighted by molar-refractivity contribution is -0.124. The molecule has 0 saturated heterocycles. The molecule has 4 heteroatoms. The van der Waals surface area contributed by atoms with Crippen molar-refractivity contribution in [3.8, 4) is 0 Å². The number of amides is 1. The van der Waals surface area contributed by atoms with E-state index in [4.69, 9.17) is 0 Å². The molecule has 1 aliphatic carbocycles. The van der Waals surface area contributed by atoms with Crippen molar-refractivity contribution in [1.29, 1.82) is 0 Å². The summed E-state index contributed by atoms with van der Waals surface area (Å²) >= 11 is 0. The van der Waals surface area contributed by atoms with Crippen LogP contribution in [0.4, 0.5) is 0 Å². The van der Waals surface area contributed by atoms with E-state index in [1.807, 2.05) is 13.8 Å². The maximum Gasteiger partial charge on any atom is 0.283 e. The molecule has 0 aliphatic heterocycles. The zero-order valence-corrected chi connectivity index (χ0v) is 11.4. The molecule has 2 atom stereocenters. The van der Waals surface area contributed by atoms with Crippen LogP contribution >= 0.6 is 0 Å². The van der Waals surface area contributed by atoms with Crippen molar-refractivity contribution in [2.75, 3.05) is 0 Å². The fourth-order valence-electron chi connectivity index (χ4n) is 1.75. The van der Waals surface area contributed by atoms with Crippen LogP contribution in [-0.4, -0.2) is 29.0 Å². The van der Waals surface area contributed by atoms with E-state index in [2.05, 4.69) is 16.6 Å². The second-order valence-electron chi connectivity index (χ2n) is 4.98. The van der Waals surface area contributed by atoms with Gasteiger partial charge in [0, 0.05) is 12.8 Å². The summed E-state index contributed by atoms with van der Waals surface area (Å²) in [5.74, 6) is 0.350. The molecule has 1 aliphatic rings. The average Bonchev–Trinajstić information content (AvgIpc) is 3.11. The van der Waals surface area contributed by atoms with Crippen LogP contribution in [0.25, 0.3) is 0 Å². The van der Waals surface area contributed by atoms with Crippen LogP contribution < -0.4 is 9.98 Å². The van der Waals surface area contributed by atoms with Gasteiger partial charge in [-0.1, -0.05) is 13.5 Å². The summed E-state index contributed by atoms with van der Waals surface area (Å²) in [6.07, 6.45) is 4.84. The van der Waals surface area contributed by atoms with E-state index < -0.39 is 6.04 Å². The van der Waals surface area contributed by atoms with Gasteiger partial charge in [0.1, 0.15) is 5.76 Å². The SMILES string of the molecule is C=C(O)C(C)NC(=O)C(C)CC(=[N+]=CC)C1CC1. The van der Waals surface area contributed by atoms with Gasteiger partial charge in [0.15, 0.2) is 0 Å². The summed E-state index contributed by atoms with van der Waals surface area (Å²) in [4.78, 5) is 11.9. The number of hydrogen-bond donors (Lipinski definition) is 2. The van der Waals surface area contributed by atoms with Gasteiger partial charge in [-0.2, -0.15) is 0 Å². The highest BCUT2D eigenvalue weighted by molar-refractivity contribution is 5.93. The quantitative estimate of drug-likeness (QED) is 0.428. The summed E-state index contributed by atoms with van der Waals surface area (Å²) in [6, 6.07) is -0.404. The minimum Gasteiger partial charge on any atom is -0.511 e. The minimum atomic E-state index is -0.404. The Hall–Kier alpha value is -1.54. The van der Waals surface area contributed by atoms with E-state index in [1.54, 1.807) is 13.1 Å². The van der Waals surface area contributed by atoms with E-state index in [0.717, 1.165) is 5.71 Å². The highest BCUT2D eigenvalue weighted by Gasteiger charge is 2.36.